The minimum Gasteiger partial charge on any atom is -0.301 e. The molecule has 0 aliphatic heterocycles. The smallest absolute Gasteiger partial charge is 0.237 e. The van der Waals surface area contributed by atoms with Gasteiger partial charge in [-0.1, -0.05) is 19.1 Å². The molecule has 2 aromatic rings. The number of hydrogen-bond donors (Lipinski definition) is 1. The van der Waals surface area contributed by atoms with Crippen molar-refractivity contribution in [2.45, 2.75) is 23.7 Å². The zero-order valence-corrected chi connectivity index (χ0v) is 13.9. The van der Waals surface area contributed by atoms with Gasteiger partial charge >= 0.3 is 0 Å². The summed E-state index contributed by atoms with van der Waals surface area (Å²) in [6, 6.07) is 6.60. The Balaban J connectivity index is 1.89. The molecule has 7 heteroatoms. The maximum Gasteiger partial charge on any atom is 0.237 e. The van der Waals surface area contributed by atoms with Gasteiger partial charge in [0.1, 0.15) is 0 Å². The Hall–Kier alpha value is -1.73. The Morgan fingerprint density at radius 2 is 2.00 bits per heavy atom. The number of anilines is 1. The Morgan fingerprint density at radius 3 is 2.45 bits per heavy atom. The molecular formula is C15H16N2O3S2. The van der Waals surface area contributed by atoms with Crippen molar-refractivity contribution in [3.05, 3.63) is 41.4 Å². The fraction of sp³-hybridized carbons (Fsp3) is 0.333. The first kappa shape index (κ1) is 15.2. The number of rotatable bonds is 4. The summed E-state index contributed by atoms with van der Waals surface area (Å²) < 4.78 is 23.1. The summed E-state index contributed by atoms with van der Waals surface area (Å²) in [5.74, 6) is 0.138. The van der Waals surface area contributed by atoms with E-state index < -0.39 is 15.3 Å². The first-order valence-electron chi connectivity index (χ1n) is 6.85. The van der Waals surface area contributed by atoms with E-state index >= 15 is 0 Å². The van der Waals surface area contributed by atoms with E-state index in [1.54, 1.807) is 35.8 Å². The number of sulfone groups is 1. The van der Waals surface area contributed by atoms with Gasteiger partial charge < -0.3 is 5.32 Å². The molecule has 1 saturated carbocycles. The fourth-order valence-electron chi connectivity index (χ4n) is 2.77. The van der Waals surface area contributed by atoms with Gasteiger partial charge in [0.25, 0.3) is 0 Å². The lowest BCUT2D eigenvalue weighted by Crippen LogP contribution is -2.29. The van der Waals surface area contributed by atoms with Crippen LogP contribution < -0.4 is 5.32 Å². The lowest BCUT2D eigenvalue weighted by Gasteiger charge is -2.16. The van der Waals surface area contributed by atoms with E-state index in [4.69, 9.17) is 0 Å². The van der Waals surface area contributed by atoms with Crippen LogP contribution in [0.2, 0.25) is 0 Å². The molecule has 1 aliphatic carbocycles. The van der Waals surface area contributed by atoms with Crippen molar-refractivity contribution in [1.82, 2.24) is 4.98 Å². The fourth-order valence-corrected chi connectivity index (χ4v) is 3.92. The molecule has 1 aliphatic rings. The average Bonchev–Trinajstić information content (AvgIpc) is 2.90. The second-order valence-corrected chi connectivity index (χ2v) is 8.57. The van der Waals surface area contributed by atoms with E-state index in [-0.39, 0.29) is 16.7 Å². The molecule has 1 unspecified atom stereocenters. The largest absolute Gasteiger partial charge is 0.301 e. The van der Waals surface area contributed by atoms with E-state index in [2.05, 4.69) is 10.3 Å². The highest BCUT2D eigenvalue weighted by Crippen LogP contribution is 2.54. The van der Waals surface area contributed by atoms with Gasteiger partial charge in [-0.05, 0) is 30.0 Å². The lowest BCUT2D eigenvalue weighted by atomic mass is 9.92. The van der Waals surface area contributed by atoms with E-state index in [0.717, 1.165) is 12.0 Å². The molecule has 116 valence electrons. The number of nitrogens with one attached hydrogen (secondary N) is 1. The molecule has 3 rings (SSSR count). The Morgan fingerprint density at radius 1 is 1.36 bits per heavy atom. The van der Waals surface area contributed by atoms with Crippen molar-refractivity contribution in [1.29, 1.82) is 0 Å². The minimum absolute atomic E-state index is 0.0814. The van der Waals surface area contributed by atoms with Gasteiger partial charge in [-0.25, -0.2) is 13.4 Å². The normalized spacial score (nSPS) is 24.0. The van der Waals surface area contributed by atoms with Crippen molar-refractivity contribution >= 4 is 32.2 Å². The number of carbonyl (C=O) groups excluding carboxylic acids is 1. The third-order valence-electron chi connectivity index (χ3n) is 4.16. The van der Waals surface area contributed by atoms with Gasteiger partial charge in [-0.15, -0.1) is 11.3 Å². The third kappa shape index (κ3) is 2.55. The zero-order chi connectivity index (χ0) is 16.0. The third-order valence-corrected chi connectivity index (χ3v) is 5.98. The number of carbonyl (C=O) groups is 1. The van der Waals surface area contributed by atoms with Crippen LogP contribution in [0.3, 0.4) is 0 Å². The molecule has 0 bridgehead atoms. The molecule has 1 fully saturated rings. The predicted molar refractivity (Wildman–Crippen MR) is 85.8 cm³/mol. The number of benzene rings is 1. The summed E-state index contributed by atoms with van der Waals surface area (Å²) in [5.41, 5.74) is 0.267. The van der Waals surface area contributed by atoms with Crippen LogP contribution in [0.5, 0.6) is 0 Å². The second kappa shape index (κ2) is 5.17. The summed E-state index contributed by atoms with van der Waals surface area (Å²) >= 11 is 1.38. The van der Waals surface area contributed by atoms with Crippen LogP contribution in [0.1, 0.15) is 18.9 Å². The molecule has 0 spiro atoms. The van der Waals surface area contributed by atoms with Crippen molar-refractivity contribution < 1.29 is 13.2 Å². The summed E-state index contributed by atoms with van der Waals surface area (Å²) in [7, 11) is -3.23. The van der Waals surface area contributed by atoms with Crippen LogP contribution in [0.15, 0.2) is 40.7 Å². The molecule has 1 amide bonds. The Bertz CT molecular complexity index is 798. The number of amides is 1. The highest BCUT2D eigenvalue weighted by atomic mass is 32.2. The quantitative estimate of drug-likeness (QED) is 0.930. The molecule has 22 heavy (non-hydrogen) atoms. The molecule has 0 saturated heterocycles. The predicted octanol–water partition coefficient (Wildman–Crippen LogP) is 2.46. The van der Waals surface area contributed by atoms with Gasteiger partial charge in [-0.2, -0.15) is 0 Å². The van der Waals surface area contributed by atoms with Gasteiger partial charge in [-0.3, -0.25) is 4.79 Å². The molecule has 1 heterocycles. The van der Waals surface area contributed by atoms with E-state index in [9.17, 15) is 13.2 Å². The Labute approximate surface area is 133 Å². The SMILES string of the molecule is C[C@@H]1CC1(C(=O)Nc1nccs1)c1ccc(S(C)(=O)=O)cc1. The van der Waals surface area contributed by atoms with Crippen LogP contribution in [0.25, 0.3) is 0 Å². The standard InChI is InChI=1S/C15H16N2O3S2/c1-10-9-15(10,13(18)17-14-16-7-8-21-14)11-3-5-12(6-4-11)22(2,19)20/h3-8,10H,9H2,1-2H3,(H,16,17,18)/t10-,15?/m1/s1. The van der Waals surface area contributed by atoms with Crippen LogP contribution in [0, 0.1) is 5.92 Å². The number of thiazole rings is 1. The maximum absolute atomic E-state index is 12.6. The molecule has 1 aromatic heterocycles. The molecular weight excluding hydrogens is 320 g/mol. The zero-order valence-electron chi connectivity index (χ0n) is 12.2. The molecule has 1 N–H and O–H groups in total. The number of hydrogen-bond acceptors (Lipinski definition) is 5. The molecule has 0 radical (unpaired) electrons. The van der Waals surface area contributed by atoms with E-state index in [1.807, 2.05) is 6.92 Å². The van der Waals surface area contributed by atoms with E-state index in [0.29, 0.717) is 5.13 Å². The molecule has 5 nitrogen and oxygen atoms in total. The van der Waals surface area contributed by atoms with Crippen LogP contribution in [0.4, 0.5) is 5.13 Å². The first-order chi connectivity index (χ1) is 10.3. The van der Waals surface area contributed by atoms with E-state index in [1.165, 1.54) is 17.6 Å². The minimum atomic E-state index is -3.23. The monoisotopic (exact) mass is 336 g/mol. The maximum atomic E-state index is 12.6. The van der Waals surface area contributed by atoms with Crippen LogP contribution in [-0.2, 0) is 20.0 Å². The van der Waals surface area contributed by atoms with Crippen molar-refractivity contribution in [3.8, 4) is 0 Å². The molecule has 1 aromatic carbocycles. The van der Waals surface area contributed by atoms with Crippen LogP contribution in [-0.4, -0.2) is 25.6 Å². The summed E-state index contributed by atoms with van der Waals surface area (Å²) in [5, 5.41) is 5.23. The highest BCUT2D eigenvalue weighted by molar-refractivity contribution is 7.90. The summed E-state index contributed by atoms with van der Waals surface area (Å²) in [6.07, 6.45) is 3.57. The van der Waals surface area contributed by atoms with Gasteiger partial charge in [0.2, 0.25) is 5.91 Å². The van der Waals surface area contributed by atoms with Crippen molar-refractivity contribution in [2.75, 3.05) is 11.6 Å². The summed E-state index contributed by atoms with van der Waals surface area (Å²) in [6.45, 7) is 2.02. The van der Waals surface area contributed by atoms with Crippen molar-refractivity contribution in [2.24, 2.45) is 5.92 Å². The second-order valence-electron chi connectivity index (χ2n) is 5.66. The topological polar surface area (TPSA) is 76.1 Å². The van der Waals surface area contributed by atoms with Gasteiger partial charge in [0.15, 0.2) is 15.0 Å². The number of aromatic nitrogens is 1. The molecule has 2 atom stereocenters. The van der Waals surface area contributed by atoms with Gasteiger partial charge in [0.05, 0.1) is 10.3 Å². The number of nitrogens with zero attached hydrogens (tertiary/aromatic N) is 1. The highest BCUT2D eigenvalue weighted by Gasteiger charge is 2.58. The van der Waals surface area contributed by atoms with Crippen molar-refractivity contribution in [3.63, 3.8) is 0 Å². The first-order valence-corrected chi connectivity index (χ1v) is 9.63. The Kier molecular flexibility index (Phi) is 3.57. The summed E-state index contributed by atoms with van der Waals surface area (Å²) in [4.78, 5) is 17.0. The lowest BCUT2D eigenvalue weighted by molar-refractivity contribution is -0.118. The average molecular weight is 336 g/mol. The van der Waals surface area contributed by atoms with Gasteiger partial charge in [0, 0.05) is 17.8 Å². The van der Waals surface area contributed by atoms with Crippen LogP contribution >= 0.6 is 11.3 Å².